The molecule has 1 atom stereocenters. The summed E-state index contributed by atoms with van der Waals surface area (Å²) in [6, 6.07) is 4.76. The molecule has 1 aliphatic rings. The highest BCUT2D eigenvalue weighted by Gasteiger charge is 2.21. The summed E-state index contributed by atoms with van der Waals surface area (Å²) in [4.78, 5) is 0. The van der Waals surface area contributed by atoms with E-state index in [1.54, 1.807) is 0 Å². The van der Waals surface area contributed by atoms with Gasteiger partial charge < -0.3 is 5.32 Å². The van der Waals surface area contributed by atoms with Crippen molar-refractivity contribution in [1.29, 1.82) is 0 Å². The second-order valence-electron chi connectivity index (χ2n) is 5.03. The lowest BCUT2D eigenvalue weighted by Crippen LogP contribution is -2.23. The summed E-state index contributed by atoms with van der Waals surface area (Å²) in [5, 5.41) is 3.43. The third-order valence-corrected chi connectivity index (χ3v) is 3.28. The minimum absolute atomic E-state index is 0.228. The van der Waals surface area contributed by atoms with E-state index in [1.165, 1.54) is 31.0 Å². The van der Waals surface area contributed by atoms with Gasteiger partial charge in [-0.1, -0.05) is 13.0 Å². The normalized spacial score (nSPS) is 17.1. The summed E-state index contributed by atoms with van der Waals surface area (Å²) in [5.41, 5.74) is 0.228. The van der Waals surface area contributed by atoms with Crippen molar-refractivity contribution in [2.45, 2.75) is 38.6 Å². The van der Waals surface area contributed by atoms with Gasteiger partial charge in [-0.25, -0.2) is 8.78 Å². The van der Waals surface area contributed by atoms with Crippen LogP contribution in [0.3, 0.4) is 0 Å². The number of nitrogens with one attached hydrogen (secondary N) is 1. The lowest BCUT2D eigenvalue weighted by Gasteiger charge is -2.12. The van der Waals surface area contributed by atoms with Gasteiger partial charge in [0.25, 0.3) is 0 Å². The van der Waals surface area contributed by atoms with Crippen LogP contribution in [-0.2, 0) is 6.42 Å². The highest BCUT2D eigenvalue weighted by molar-refractivity contribution is 5.19. The predicted octanol–water partition coefficient (Wildman–Crippen LogP) is 3.29. The molecule has 0 amide bonds. The molecule has 1 saturated carbocycles. The van der Waals surface area contributed by atoms with Gasteiger partial charge in [0, 0.05) is 11.6 Å². The first-order valence-corrected chi connectivity index (χ1v) is 6.33. The standard InChI is InChI=1S/C14H19F2N/c1-10(9-17-11-6-7-11)5-8-12-13(15)3-2-4-14(12)16/h2-4,10-11,17H,5-9H2,1H3. The third-order valence-electron chi connectivity index (χ3n) is 3.28. The zero-order valence-electron chi connectivity index (χ0n) is 10.2. The van der Waals surface area contributed by atoms with Gasteiger partial charge in [0.2, 0.25) is 0 Å². The second kappa shape index (κ2) is 5.58. The summed E-state index contributed by atoms with van der Waals surface area (Å²) in [6.07, 6.45) is 3.84. The maximum Gasteiger partial charge on any atom is 0.129 e. The molecule has 1 aromatic rings. The van der Waals surface area contributed by atoms with Crippen LogP contribution >= 0.6 is 0 Å². The molecule has 1 aromatic carbocycles. The summed E-state index contributed by atoms with van der Waals surface area (Å²) < 4.78 is 26.7. The quantitative estimate of drug-likeness (QED) is 0.803. The Morgan fingerprint density at radius 1 is 1.29 bits per heavy atom. The van der Waals surface area contributed by atoms with Crippen LogP contribution in [0.5, 0.6) is 0 Å². The molecule has 0 saturated heterocycles. The largest absolute Gasteiger partial charge is 0.314 e. The molecule has 2 rings (SSSR count). The van der Waals surface area contributed by atoms with Crippen LogP contribution in [0.1, 0.15) is 31.7 Å². The Bertz CT molecular complexity index is 354. The van der Waals surface area contributed by atoms with E-state index in [1.807, 2.05) is 0 Å². The molecule has 1 unspecified atom stereocenters. The van der Waals surface area contributed by atoms with Gasteiger partial charge in [-0.3, -0.25) is 0 Å². The molecule has 1 nitrogen and oxygen atoms in total. The van der Waals surface area contributed by atoms with Gasteiger partial charge in [0.1, 0.15) is 11.6 Å². The van der Waals surface area contributed by atoms with Gasteiger partial charge in [0.05, 0.1) is 0 Å². The van der Waals surface area contributed by atoms with Crippen molar-refractivity contribution in [3.8, 4) is 0 Å². The minimum atomic E-state index is -0.424. The summed E-state index contributed by atoms with van der Waals surface area (Å²) >= 11 is 0. The fourth-order valence-corrected chi connectivity index (χ4v) is 1.92. The topological polar surface area (TPSA) is 12.0 Å². The Labute approximate surface area is 101 Å². The molecular weight excluding hydrogens is 220 g/mol. The predicted molar refractivity (Wildman–Crippen MR) is 64.9 cm³/mol. The fourth-order valence-electron chi connectivity index (χ4n) is 1.92. The Morgan fingerprint density at radius 3 is 2.53 bits per heavy atom. The molecule has 3 heteroatoms. The zero-order chi connectivity index (χ0) is 12.3. The highest BCUT2D eigenvalue weighted by Crippen LogP contribution is 2.20. The van der Waals surface area contributed by atoms with E-state index in [-0.39, 0.29) is 5.56 Å². The first-order valence-electron chi connectivity index (χ1n) is 6.33. The Kier molecular flexibility index (Phi) is 4.11. The maximum atomic E-state index is 13.4. The average molecular weight is 239 g/mol. The van der Waals surface area contributed by atoms with Crippen LogP contribution in [0, 0.1) is 17.6 Å². The van der Waals surface area contributed by atoms with Crippen molar-refractivity contribution in [2.24, 2.45) is 5.92 Å². The molecule has 94 valence electrons. The summed E-state index contributed by atoms with van der Waals surface area (Å²) in [7, 11) is 0. The molecule has 0 aromatic heterocycles. The van der Waals surface area contributed by atoms with Crippen molar-refractivity contribution < 1.29 is 8.78 Å². The number of hydrogen-bond donors (Lipinski definition) is 1. The van der Waals surface area contributed by atoms with E-state index in [4.69, 9.17) is 0 Å². The average Bonchev–Trinajstić information content (AvgIpc) is 3.09. The third kappa shape index (κ3) is 3.77. The Balaban J connectivity index is 1.79. The molecule has 0 aliphatic heterocycles. The molecule has 0 spiro atoms. The van der Waals surface area contributed by atoms with Gasteiger partial charge in [0.15, 0.2) is 0 Å². The van der Waals surface area contributed by atoms with E-state index < -0.39 is 11.6 Å². The monoisotopic (exact) mass is 239 g/mol. The van der Waals surface area contributed by atoms with Crippen molar-refractivity contribution in [2.75, 3.05) is 6.54 Å². The molecule has 1 aliphatic carbocycles. The van der Waals surface area contributed by atoms with Crippen LogP contribution in [0.15, 0.2) is 18.2 Å². The molecule has 1 fully saturated rings. The van der Waals surface area contributed by atoms with Crippen LogP contribution in [0.2, 0.25) is 0 Å². The van der Waals surface area contributed by atoms with Crippen molar-refractivity contribution in [1.82, 2.24) is 5.32 Å². The molecule has 0 heterocycles. The molecule has 1 N–H and O–H groups in total. The zero-order valence-corrected chi connectivity index (χ0v) is 10.2. The van der Waals surface area contributed by atoms with E-state index >= 15 is 0 Å². The maximum absolute atomic E-state index is 13.4. The van der Waals surface area contributed by atoms with Gasteiger partial charge in [-0.15, -0.1) is 0 Å². The van der Waals surface area contributed by atoms with Crippen molar-refractivity contribution in [3.63, 3.8) is 0 Å². The minimum Gasteiger partial charge on any atom is -0.314 e. The fraction of sp³-hybridized carbons (Fsp3) is 0.571. The number of hydrogen-bond acceptors (Lipinski definition) is 1. The lowest BCUT2D eigenvalue weighted by atomic mass is 10.0. The lowest BCUT2D eigenvalue weighted by molar-refractivity contribution is 0.465. The highest BCUT2D eigenvalue weighted by atomic mass is 19.1. The molecule has 0 bridgehead atoms. The van der Waals surface area contributed by atoms with Gasteiger partial charge in [-0.05, 0) is 50.3 Å². The van der Waals surface area contributed by atoms with Crippen LogP contribution in [0.4, 0.5) is 8.78 Å². The number of benzene rings is 1. The first-order chi connectivity index (χ1) is 8.16. The van der Waals surface area contributed by atoms with Crippen molar-refractivity contribution in [3.05, 3.63) is 35.4 Å². The van der Waals surface area contributed by atoms with Crippen LogP contribution in [0.25, 0.3) is 0 Å². The van der Waals surface area contributed by atoms with E-state index in [0.717, 1.165) is 13.0 Å². The van der Waals surface area contributed by atoms with Crippen LogP contribution in [-0.4, -0.2) is 12.6 Å². The Morgan fingerprint density at radius 2 is 1.94 bits per heavy atom. The second-order valence-corrected chi connectivity index (χ2v) is 5.03. The van der Waals surface area contributed by atoms with Gasteiger partial charge in [-0.2, -0.15) is 0 Å². The van der Waals surface area contributed by atoms with Crippen molar-refractivity contribution >= 4 is 0 Å². The van der Waals surface area contributed by atoms with Crippen LogP contribution < -0.4 is 5.32 Å². The summed E-state index contributed by atoms with van der Waals surface area (Å²) in [6.45, 7) is 3.06. The first kappa shape index (κ1) is 12.5. The van der Waals surface area contributed by atoms with E-state index in [2.05, 4.69) is 12.2 Å². The van der Waals surface area contributed by atoms with Gasteiger partial charge >= 0.3 is 0 Å². The molecule has 0 radical (unpaired) electrons. The van der Waals surface area contributed by atoms with E-state index in [0.29, 0.717) is 18.4 Å². The Hall–Kier alpha value is -0.960. The number of halogens is 2. The summed E-state index contributed by atoms with van der Waals surface area (Å²) in [5.74, 6) is -0.394. The number of rotatable bonds is 6. The SMILES string of the molecule is CC(CCc1c(F)cccc1F)CNC1CC1. The molecular formula is C14H19F2N. The smallest absolute Gasteiger partial charge is 0.129 e. The molecule has 17 heavy (non-hydrogen) atoms. The van der Waals surface area contributed by atoms with E-state index in [9.17, 15) is 8.78 Å².